The van der Waals surface area contributed by atoms with Crippen molar-refractivity contribution in [1.82, 2.24) is 9.97 Å². The van der Waals surface area contributed by atoms with Crippen molar-refractivity contribution in [3.63, 3.8) is 0 Å². The number of para-hydroxylation sites is 1. The molecule has 1 heterocycles. The number of rotatable bonds is 2. The Balaban J connectivity index is 2.32. The third-order valence-electron chi connectivity index (χ3n) is 3.40. The van der Waals surface area contributed by atoms with Crippen LogP contribution in [0.3, 0.4) is 0 Å². The first-order valence-corrected chi connectivity index (χ1v) is 6.96. The Morgan fingerprint density at radius 2 is 1.81 bits per heavy atom. The van der Waals surface area contributed by atoms with Crippen molar-refractivity contribution in [2.24, 2.45) is 0 Å². The molecular formula is C18H15N3. The predicted molar refractivity (Wildman–Crippen MR) is 83.8 cm³/mol. The number of benzene rings is 2. The summed E-state index contributed by atoms with van der Waals surface area (Å²) in [5.41, 5.74) is 3.42. The maximum Gasteiger partial charge on any atom is 0.132 e. The molecule has 0 aliphatic heterocycles. The third-order valence-corrected chi connectivity index (χ3v) is 3.40. The van der Waals surface area contributed by atoms with Crippen molar-refractivity contribution in [3.05, 3.63) is 59.9 Å². The van der Waals surface area contributed by atoms with E-state index in [0.29, 0.717) is 5.56 Å². The zero-order chi connectivity index (χ0) is 14.8. The van der Waals surface area contributed by atoms with E-state index in [4.69, 9.17) is 10.2 Å². The first-order valence-electron chi connectivity index (χ1n) is 6.96. The Bertz CT molecular complexity index is 844. The minimum absolute atomic E-state index is 0.257. The van der Waals surface area contributed by atoms with E-state index in [9.17, 15) is 0 Å². The number of hydrogen-bond acceptors (Lipinski definition) is 3. The van der Waals surface area contributed by atoms with Gasteiger partial charge in [0.2, 0.25) is 0 Å². The van der Waals surface area contributed by atoms with Crippen molar-refractivity contribution >= 4 is 10.9 Å². The van der Waals surface area contributed by atoms with Gasteiger partial charge in [0, 0.05) is 16.9 Å². The molecular weight excluding hydrogens is 258 g/mol. The molecule has 0 aliphatic rings. The monoisotopic (exact) mass is 273 g/mol. The lowest BCUT2D eigenvalue weighted by atomic mass is 10.0. The molecule has 0 N–H and O–H groups in total. The number of nitriles is 1. The summed E-state index contributed by atoms with van der Waals surface area (Å²) in [5, 5.41) is 10.1. The molecule has 0 atom stereocenters. The fourth-order valence-corrected chi connectivity index (χ4v) is 2.31. The fourth-order valence-electron chi connectivity index (χ4n) is 2.31. The first-order chi connectivity index (χ1) is 10.2. The van der Waals surface area contributed by atoms with Gasteiger partial charge in [-0.3, -0.25) is 0 Å². The first kappa shape index (κ1) is 13.3. The summed E-state index contributed by atoms with van der Waals surface area (Å²) in [7, 11) is 0. The van der Waals surface area contributed by atoms with Gasteiger partial charge in [0.25, 0.3) is 0 Å². The van der Waals surface area contributed by atoms with Gasteiger partial charge in [0.1, 0.15) is 5.82 Å². The van der Waals surface area contributed by atoms with Crippen LogP contribution in [0, 0.1) is 11.3 Å². The molecule has 3 nitrogen and oxygen atoms in total. The zero-order valence-corrected chi connectivity index (χ0v) is 12.0. The molecule has 21 heavy (non-hydrogen) atoms. The number of fused-ring (bicyclic) bond motifs is 1. The van der Waals surface area contributed by atoms with Crippen LogP contribution in [0.15, 0.2) is 48.5 Å². The molecule has 102 valence electrons. The Morgan fingerprint density at radius 1 is 1.00 bits per heavy atom. The van der Waals surface area contributed by atoms with Crippen molar-refractivity contribution in [3.8, 4) is 17.3 Å². The zero-order valence-electron chi connectivity index (χ0n) is 12.0. The molecule has 3 aromatic rings. The molecule has 0 radical (unpaired) electrons. The molecule has 2 aromatic carbocycles. The van der Waals surface area contributed by atoms with Gasteiger partial charge in [-0.2, -0.15) is 5.26 Å². The molecule has 0 fully saturated rings. The van der Waals surface area contributed by atoms with Crippen molar-refractivity contribution in [1.29, 1.82) is 5.26 Å². The lowest BCUT2D eigenvalue weighted by molar-refractivity contribution is 0.784. The summed E-state index contributed by atoms with van der Waals surface area (Å²) in [6.07, 6.45) is 0. The lowest BCUT2D eigenvalue weighted by Gasteiger charge is -2.11. The van der Waals surface area contributed by atoms with Gasteiger partial charge < -0.3 is 0 Å². The summed E-state index contributed by atoms with van der Waals surface area (Å²) < 4.78 is 0. The molecule has 0 amide bonds. The molecule has 0 spiro atoms. The molecule has 1 aromatic heterocycles. The predicted octanol–water partition coefficient (Wildman–Crippen LogP) is 4.29. The normalized spacial score (nSPS) is 10.8. The molecule has 0 bridgehead atoms. The second kappa shape index (κ2) is 5.34. The van der Waals surface area contributed by atoms with Crippen LogP contribution in [-0.4, -0.2) is 9.97 Å². The van der Waals surface area contributed by atoms with Crippen molar-refractivity contribution in [2.75, 3.05) is 0 Å². The van der Waals surface area contributed by atoms with Gasteiger partial charge in [-0.05, 0) is 18.2 Å². The number of nitrogens with zero attached hydrogens (tertiary/aromatic N) is 3. The van der Waals surface area contributed by atoms with Gasteiger partial charge in [0.15, 0.2) is 0 Å². The van der Waals surface area contributed by atoms with Gasteiger partial charge >= 0.3 is 0 Å². The molecule has 0 aliphatic carbocycles. The summed E-state index contributed by atoms with van der Waals surface area (Å²) >= 11 is 0. The van der Waals surface area contributed by atoms with E-state index in [1.54, 1.807) is 6.07 Å². The summed E-state index contributed by atoms with van der Waals surface area (Å²) in [6.45, 7) is 4.17. The highest BCUT2D eigenvalue weighted by atomic mass is 14.9. The van der Waals surface area contributed by atoms with Crippen LogP contribution >= 0.6 is 0 Å². The van der Waals surface area contributed by atoms with Crippen LogP contribution in [0.5, 0.6) is 0 Å². The van der Waals surface area contributed by atoms with Crippen LogP contribution in [0.1, 0.15) is 31.2 Å². The lowest BCUT2D eigenvalue weighted by Crippen LogP contribution is -2.00. The van der Waals surface area contributed by atoms with Gasteiger partial charge in [0.05, 0.1) is 22.8 Å². The Hall–Kier alpha value is -2.73. The Morgan fingerprint density at radius 3 is 2.57 bits per heavy atom. The van der Waals surface area contributed by atoms with Gasteiger partial charge in [-0.1, -0.05) is 44.2 Å². The smallest absolute Gasteiger partial charge is 0.132 e. The standard InChI is InChI=1S/C18H15N3/c1-12(2)18-20-16-9-4-3-8-15(16)17(21-18)14-7-5-6-13(10-14)11-19/h3-10,12H,1-2H3. The topological polar surface area (TPSA) is 49.6 Å². The SMILES string of the molecule is CC(C)c1nc(-c2cccc(C#N)c2)c2ccccc2n1. The van der Waals surface area contributed by atoms with E-state index < -0.39 is 0 Å². The fraction of sp³-hybridized carbons (Fsp3) is 0.167. The maximum absolute atomic E-state index is 9.08. The molecule has 0 saturated carbocycles. The van der Waals surface area contributed by atoms with E-state index >= 15 is 0 Å². The molecule has 3 heteroatoms. The van der Waals surface area contributed by atoms with E-state index in [0.717, 1.165) is 28.0 Å². The third kappa shape index (κ3) is 2.48. The minimum atomic E-state index is 0.257. The summed E-state index contributed by atoms with van der Waals surface area (Å²) in [5.74, 6) is 1.08. The van der Waals surface area contributed by atoms with Crippen LogP contribution < -0.4 is 0 Å². The second-order valence-corrected chi connectivity index (χ2v) is 5.29. The Labute approximate surface area is 123 Å². The summed E-state index contributed by atoms with van der Waals surface area (Å²) in [6, 6.07) is 17.7. The molecule has 3 rings (SSSR count). The Kier molecular flexibility index (Phi) is 3.37. The van der Waals surface area contributed by atoms with Gasteiger partial charge in [-0.15, -0.1) is 0 Å². The highest BCUT2D eigenvalue weighted by Gasteiger charge is 2.12. The van der Waals surface area contributed by atoms with Crippen LogP contribution in [0.2, 0.25) is 0 Å². The minimum Gasteiger partial charge on any atom is -0.233 e. The van der Waals surface area contributed by atoms with E-state index in [1.165, 1.54) is 0 Å². The largest absolute Gasteiger partial charge is 0.233 e. The average molecular weight is 273 g/mol. The second-order valence-electron chi connectivity index (χ2n) is 5.29. The van der Waals surface area contributed by atoms with Crippen LogP contribution in [-0.2, 0) is 0 Å². The highest BCUT2D eigenvalue weighted by molar-refractivity contribution is 5.92. The van der Waals surface area contributed by atoms with Crippen molar-refractivity contribution in [2.45, 2.75) is 19.8 Å². The van der Waals surface area contributed by atoms with Crippen LogP contribution in [0.4, 0.5) is 0 Å². The quantitative estimate of drug-likeness (QED) is 0.699. The van der Waals surface area contributed by atoms with E-state index in [2.05, 4.69) is 24.9 Å². The van der Waals surface area contributed by atoms with Gasteiger partial charge in [-0.25, -0.2) is 9.97 Å². The average Bonchev–Trinajstić information content (AvgIpc) is 2.53. The molecule has 0 saturated heterocycles. The van der Waals surface area contributed by atoms with E-state index in [1.807, 2.05) is 42.5 Å². The molecule has 0 unspecified atom stereocenters. The van der Waals surface area contributed by atoms with Crippen LogP contribution in [0.25, 0.3) is 22.2 Å². The van der Waals surface area contributed by atoms with E-state index in [-0.39, 0.29) is 5.92 Å². The maximum atomic E-state index is 9.08. The number of hydrogen-bond donors (Lipinski definition) is 0. The highest BCUT2D eigenvalue weighted by Crippen LogP contribution is 2.28. The van der Waals surface area contributed by atoms with Crippen molar-refractivity contribution < 1.29 is 0 Å². The summed E-state index contributed by atoms with van der Waals surface area (Å²) in [4.78, 5) is 9.35. The number of aromatic nitrogens is 2.